The summed E-state index contributed by atoms with van der Waals surface area (Å²) in [5.41, 5.74) is 1.20. The van der Waals surface area contributed by atoms with Gasteiger partial charge in [-0.25, -0.2) is 0 Å². The Kier molecular flexibility index (Phi) is 4.66. The zero-order chi connectivity index (χ0) is 13.0. The van der Waals surface area contributed by atoms with Crippen LogP contribution in [0.2, 0.25) is 0 Å². The summed E-state index contributed by atoms with van der Waals surface area (Å²) in [7, 11) is 0. The molecule has 2 N–H and O–H groups in total. The standard InChI is InChI=1S/C14H19NO2S/c16-14(17)11-6-7-12(8-11)15-9-13(18)10-4-2-1-3-5-10/h1-5,11-13,15,18H,6-9H2,(H,16,17). The fourth-order valence-corrected chi connectivity index (χ4v) is 2.74. The van der Waals surface area contributed by atoms with Crippen molar-refractivity contribution in [3.63, 3.8) is 0 Å². The lowest BCUT2D eigenvalue weighted by atomic mass is 10.1. The van der Waals surface area contributed by atoms with Crippen molar-refractivity contribution in [1.29, 1.82) is 0 Å². The monoisotopic (exact) mass is 265 g/mol. The van der Waals surface area contributed by atoms with Gasteiger partial charge >= 0.3 is 5.97 Å². The Balaban J connectivity index is 1.77. The number of aliphatic carboxylic acids is 1. The molecule has 0 radical (unpaired) electrons. The lowest BCUT2D eigenvalue weighted by molar-refractivity contribution is -0.141. The topological polar surface area (TPSA) is 49.3 Å². The van der Waals surface area contributed by atoms with Gasteiger partial charge in [-0.1, -0.05) is 30.3 Å². The Morgan fingerprint density at radius 3 is 2.72 bits per heavy atom. The molecule has 3 atom stereocenters. The number of nitrogens with one attached hydrogen (secondary N) is 1. The minimum atomic E-state index is -0.662. The summed E-state index contributed by atoms with van der Waals surface area (Å²) >= 11 is 4.58. The third-order valence-electron chi connectivity index (χ3n) is 3.57. The van der Waals surface area contributed by atoms with E-state index in [-0.39, 0.29) is 11.2 Å². The molecule has 1 aromatic rings. The summed E-state index contributed by atoms with van der Waals surface area (Å²) in [5, 5.41) is 12.5. The first-order valence-corrected chi connectivity index (χ1v) is 6.87. The molecule has 0 amide bonds. The van der Waals surface area contributed by atoms with Crippen LogP contribution in [0.1, 0.15) is 30.1 Å². The number of thiol groups is 1. The molecule has 98 valence electrons. The lowest BCUT2D eigenvalue weighted by Gasteiger charge is -2.16. The van der Waals surface area contributed by atoms with Gasteiger partial charge in [-0.2, -0.15) is 12.6 Å². The van der Waals surface area contributed by atoms with Crippen LogP contribution in [0.5, 0.6) is 0 Å². The Hall–Kier alpha value is -1.00. The number of carboxylic acid groups (broad SMARTS) is 1. The predicted octanol–water partition coefficient (Wildman–Crippen LogP) is 2.50. The van der Waals surface area contributed by atoms with Gasteiger partial charge in [-0.05, 0) is 24.8 Å². The number of hydrogen-bond donors (Lipinski definition) is 3. The van der Waals surface area contributed by atoms with E-state index in [0.717, 1.165) is 25.8 Å². The van der Waals surface area contributed by atoms with Crippen LogP contribution < -0.4 is 5.32 Å². The van der Waals surface area contributed by atoms with E-state index in [1.54, 1.807) is 0 Å². The molecule has 0 aromatic heterocycles. The molecule has 3 nitrogen and oxygen atoms in total. The SMILES string of the molecule is O=C(O)C1CCC(NCC(S)c2ccccc2)C1. The number of benzene rings is 1. The van der Waals surface area contributed by atoms with Crippen LogP contribution in [-0.4, -0.2) is 23.7 Å². The molecular formula is C14H19NO2S. The first-order valence-electron chi connectivity index (χ1n) is 6.36. The summed E-state index contributed by atoms with van der Waals surface area (Å²) in [6.45, 7) is 0.782. The fourth-order valence-electron chi connectivity index (χ4n) is 2.46. The second-order valence-electron chi connectivity index (χ2n) is 4.88. The maximum absolute atomic E-state index is 10.9. The van der Waals surface area contributed by atoms with Crippen molar-refractivity contribution in [2.45, 2.75) is 30.6 Å². The molecule has 1 saturated carbocycles. The highest BCUT2D eigenvalue weighted by molar-refractivity contribution is 7.80. The van der Waals surface area contributed by atoms with E-state index in [2.05, 4.69) is 30.1 Å². The first-order chi connectivity index (χ1) is 8.66. The van der Waals surface area contributed by atoms with Gasteiger partial charge in [0.15, 0.2) is 0 Å². The molecular weight excluding hydrogens is 246 g/mol. The van der Waals surface area contributed by atoms with Crippen LogP contribution in [0.4, 0.5) is 0 Å². The molecule has 1 aliphatic rings. The lowest BCUT2D eigenvalue weighted by Crippen LogP contribution is -2.30. The van der Waals surface area contributed by atoms with Gasteiger partial charge in [0.25, 0.3) is 0 Å². The second-order valence-corrected chi connectivity index (χ2v) is 5.50. The van der Waals surface area contributed by atoms with Crippen molar-refractivity contribution in [3.05, 3.63) is 35.9 Å². The van der Waals surface area contributed by atoms with Gasteiger partial charge in [0, 0.05) is 17.8 Å². The van der Waals surface area contributed by atoms with Gasteiger partial charge in [-0.15, -0.1) is 0 Å². The Morgan fingerprint density at radius 1 is 1.39 bits per heavy atom. The highest BCUT2D eigenvalue weighted by Crippen LogP contribution is 2.26. The molecule has 0 spiro atoms. The summed E-state index contributed by atoms with van der Waals surface area (Å²) in [5.74, 6) is -0.831. The number of rotatable bonds is 5. The van der Waals surface area contributed by atoms with Crippen molar-refractivity contribution >= 4 is 18.6 Å². The maximum Gasteiger partial charge on any atom is 0.306 e. The van der Waals surface area contributed by atoms with Crippen LogP contribution in [-0.2, 0) is 4.79 Å². The molecule has 0 aliphatic heterocycles. The normalized spacial score (nSPS) is 24.9. The van der Waals surface area contributed by atoms with Crippen molar-refractivity contribution in [2.24, 2.45) is 5.92 Å². The van der Waals surface area contributed by atoms with Crippen LogP contribution in [0, 0.1) is 5.92 Å². The quantitative estimate of drug-likeness (QED) is 0.717. The van der Waals surface area contributed by atoms with E-state index in [1.807, 2.05) is 18.2 Å². The maximum atomic E-state index is 10.9. The predicted molar refractivity (Wildman–Crippen MR) is 74.9 cm³/mol. The van der Waals surface area contributed by atoms with E-state index in [4.69, 9.17) is 5.11 Å². The Morgan fingerprint density at radius 2 is 2.11 bits per heavy atom. The molecule has 1 fully saturated rings. The van der Waals surface area contributed by atoms with Crippen molar-refractivity contribution in [1.82, 2.24) is 5.32 Å². The molecule has 18 heavy (non-hydrogen) atoms. The highest BCUT2D eigenvalue weighted by Gasteiger charge is 2.29. The number of hydrogen-bond acceptors (Lipinski definition) is 3. The molecule has 1 aliphatic carbocycles. The largest absolute Gasteiger partial charge is 0.481 e. The van der Waals surface area contributed by atoms with E-state index < -0.39 is 5.97 Å². The molecule has 1 aromatic carbocycles. The van der Waals surface area contributed by atoms with E-state index in [1.165, 1.54) is 5.56 Å². The summed E-state index contributed by atoms with van der Waals surface area (Å²) < 4.78 is 0. The van der Waals surface area contributed by atoms with Crippen molar-refractivity contribution in [3.8, 4) is 0 Å². The third kappa shape index (κ3) is 3.50. The smallest absolute Gasteiger partial charge is 0.306 e. The zero-order valence-corrected chi connectivity index (χ0v) is 11.1. The fraction of sp³-hybridized carbons (Fsp3) is 0.500. The van der Waals surface area contributed by atoms with Crippen LogP contribution in [0.25, 0.3) is 0 Å². The summed E-state index contributed by atoms with van der Waals surface area (Å²) in [6, 6.07) is 10.5. The Bertz CT molecular complexity index is 396. The van der Waals surface area contributed by atoms with E-state index >= 15 is 0 Å². The van der Waals surface area contributed by atoms with Gasteiger partial charge in [0.2, 0.25) is 0 Å². The Labute approximate surface area is 113 Å². The number of carbonyl (C=O) groups is 1. The van der Waals surface area contributed by atoms with Crippen LogP contribution in [0.3, 0.4) is 0 Å². The molecule has 0 bridgehead atoms. The molecule has 0 heterocycles. The number of carboxylic acids is 1. The second kappa shape index (κ2) is 6.25. The molecule has 0 saturated heterocycles. The summed E-state index contributed by atoms with van der Waals surface area (Å²) in [6.07, 6.45) is 2.48. The van der Waals surface area contributed by atoms with E-state index in [0.29, 0.717) is 6.04 Å². The van der Waals surface area contributed by atoms with E-state index in [9.17, 15) is 4.79 Å². The van der Waals surface area contributed by atoms with Gasteiger partial charge in [0.05, 0.1) is 5.92 Å². The van der Waals surface area contributed by atoms with Crippen LogP contribution in [0.15, 0.2) is 30.3 Å². The minimum Gasteiger partial charge on any atom is -0.481 e. The van der Waals surface area contributed by atoms with Crippen molar-refractivity contribution in [2.75, 3.05) is 6.54 Å². The molecule has 3 unspecified atom stereocenters. The molecule has 4 heteroatoms. The molecule has 2 rings (SSSR count). The average molecular weight is 265 g/mol. The highest BCUT2D eigenvalue weighted by atomic mass is 32.1. The summed E-state index contributed by atoms with van der Waals surface area (Å²) in [4.78, 5) is 10.9. The van der Waals surface area contributed by atoms with Crippen LogP contribution >= 0.6 is 12.6 Å². The third-order valence-corrected chi connectivity index (χ3v) is 4.05. The van der Waals surface area contributed by atoms with Gasteiger partial charge < -0.3 is 10.4 Å². The van der Waals surface area contributed by atoms with Gasteiger partial charge in [-0.3, -0.25) is 4.79 Å². The van der Waals surface area contributed by atoms with Crippen molar-refractivity contribution < 1.29 is 9.90 Å². The minimum absolute atomic E-state index is 0.162. The first kappa shape index (κ1) is 13.4. The average Bonchev–Trinajstić information content (AvgIpc) is 2.86. The zero-order valence-electron chi connectivity index (χ0n) is 10.2. The van der Waals surface area contributed by atoms with Gasteiger partial charge in [0.1, 0.15) is 0 Å².